The summed E-state index contributed by atoms with van der Waals surface area (Å²) in [5.41, 5.74) is 0.851. The van der Waals surface area contributed by atoms with Gasteiger partial charge in [0.15, 0.2) is 5.11 Å². The van der Waals surface area contributed by atoms with Gasteiger partial charge in [0.1, 0.15) is 5.75 Å². The average molecular weight is 349 g/mol. The Bertz CT molecular complexity index is 587. The molecule has 0 unspecified atom stereocenters. The number of hydrogen-bond donors (Lipinski definition) is 2. The predicted molar refractivity (Wildman–Crippen MR) is 101 cm³/mol. The molecule has 0 bridgehead atoms. The Morgan fingerprint density at radius 2 is 1.79 bits per heavy atom. The normalized spacial score (nSPS) is 21.0. The summed E-state index contributed by atoms with van der Waals surface area (Å²) in [7, 11) is 1.55. The number of methoxy groups -OCH3 is 1. The molecule has 1 fully saturated rings. The van der Waals surface area contributed by atoms with Crippen LogP contribution in [0.15, 0.2) is 24.3 Å². The first-order valence-electron chi connectivity index (χ1n) is 8.56. The standard InChI is InChI=1S/C19H28N2O2S/c1-19(2,3)13-9-11-14(12-10-13)20-18(24)21-17(22)15-7-5-6-8-16(15)23-4/h5-8,13-14H,9-12H2,1-4H3,(H2,20,21,22,24). The van der Waals surface area contributed by atoms with Crippen molar-refractivity contribution < 1.29 is 9.53 Å². The number of carbonyl (C=O) groups excluding carboxylic acids is 1. The van der Waals surface area contributed by atoms with E-state index in [1.54, 1.807) is 19.2 Å². The van der Waals surface area contributed by atoms with Gasteiger partial charge >= 0.3 is 0 Å². The molecule has 1 aromatic rings. The molecule has 0 saturated heterocycles. The van der Waals surface area contributed by atoms with Crippen molar-refractivity contribution in [2.24, 2.45) is 11.3 Å². The second kappa shape index (κ2) is 7.97. The second-order valence-electron chi connectivity index (χ2n) is 7.54. The summed E-state index contributed by atoms with van der Waals surface area (Å²) in [5, 5.41) is 6.44. The molecule has 1 aliphatic carbocycles. The van der Waals surface area contributed by atoms with Gasteiger partial charge in [-0.2, -0.15) is 0 Å². The number of amides is 1. The number of carbonyl (C=O) groups is 1. The molecule has 1 aliphatic rings. The highest BCUT2D eigenvalue weighted by Crippen LogP contribution is 2.37. The first kappa shape index (κ1) is 18.7. The maximum Gasteiger partial charge on any atom is 0.261 e. The van der Waals surface area contributed by atoms with Gasteiger partial charge in [-0.05, 0) is 61.4 Å². The van der Waals surface area contributed by atoms with E-state index in [1.807, 2.05) is 12.1 Å². The number of ether oxygens (including phenoxy) is 1. The smallest absolute Gasteiger partial charge is 0.261 e. The summed E-state index contributed by atoms with van der Waals surface area (Å²) in [4.78, 5) is 12.3. The first-order valence-corrected chi connectivity index (χ1v) is 8.97. The molecule has 4 nitrogen and oxygen atoms in total. The van der Waals surface area contributed by atoms with E-state index in [0.29, 0.717) is 27.9 Å². The zero-order valence-electron chi connectivity index (χ0n) is 15.0. The van der Waals surface area contributed by atoms with Crippen LogP contribution in [0.4, 0.5) is 0 Å². The highest BCUT2D eigenvalue weighted by Gasteiger charge is 2.30. The molecule has 0 aliphatic heterocycles. The van der Waals surface area contributed by atoms with Gasteiger partial charge in [0.05, 0.1) is 12.7 Å². The van der Waals surface area contributed by atoms with Crippen LogP contribution in [0.2, 0.25) is 0 Å². The summed E-state index contributed by atoms with van der Waals surface area (Å²) in [5.74, 6) is 1.06. The number of benzene rings is 1. The molecule has 0 radical (unpaired) electrons. The fourth-order valence-corrected chi connectivity index (χ4v) is 3.59. The molecule has 2 rings (SSSR count). The first-order chi connectivity index (χ1) is 11.3. The lowest BCUT2D eigenvalue weighted by Crippen LogP contribution is -2.46. The number of thiocarbonyl (C=S) groups is 1. The molecule has 0 aromatic heterocycles. The molecule has 1 aromatic carbocycles. The Kier molecular flexibility index (Phi) is 6.21. The fraction of sp³-hybridized carbons (Fsp3) is 0.579. The van der Waals surface area contributed by atoms with E-state index in [0.717, 1.165) is 18.8 Å². The van der Waals surface area contributed by atoms with Gasteiger partial charge in [-0.1, -0.05) is 32.9 Å². The maximum atomic E-state index is 12.3. The van der Waals surface area contributed by atoms with E-state index in [2.05, 4.69) is 31.4 Å². The number of nitrogens with one attached hydrogen (secondary N) is 2. The van der Waals surface area contributed by atoms with Gasteiger partial charge in [0.25, 0.3) is 5.91 Å². The predicted octanol–water partition coefficient (Wildman–Crippen LogP) is 3.90. The molecule has 2 N–H and O–H groups in total. The molecule has 0 heterocycles. The zero-order valence-corrected chi connectivity index (χ0v) is 15.8. The number of hydrogen-bond acceptors (Lipinski definition) is 3. The van der Waals surface area contributed by atoms with Crippen molar-refractivity contribution in [3.05, 3.63) is 29.8 Å². The van der Waals surface area contributed by atoms with Gasteiger partial charge in [0, 0.05) is 6.04 Å². The third-order valence-corrected chi connectivity index (χ3v) is 5.09. The number of rotatable bonds is 3. The van der Waals surface area contributed by atoms with Crippen LogP contribution in [0, 0.1) is 11.3 Å². The average Bonchev–Trinajstić information content (AvgIpc) is 2.54. The minimum Gasteiger partial charge on any atom is -0.496 e. The van der Waals surface area contributed by atoms with Crippen LogP contribution in [-0.4, -0.2) is 24.2 Å². The van der Waals surface area contributed by atoms with Crippen molar-refractivity contribution in [2.75, 3.05) is 7.11 Å². The molecular weight excluding hydrogens is 320 g/mol. The summed E-state index contributed by atoms with van der Waals surface area (Å²) in [6, 6.07) is 7.47. The van der Waals surface area contributed by atoms with Gasteiger partial charge in [-0.15, -0.1) is 0 Å². The minimum atomic E-state index is -0.242. The van der Waals surface area contributed by atoms with E-state index < -0.39 is 0 Å². The van der Waals surface area contributed by atoms with Crippen molar-refractivity contribution in [3.8, 4) is 5.75 Å². The van der Waals surface area contributed by atoms with Crippen LogP contribution in [0.3, 0.4) is 0 Å². The van der Waals surface area contributed by atoms with Crippen LogP contribution < -0.4 is 15.4 Å². The molecular formula is C19H28N2O2S. The largest absolute Gasteiger partial charge is 0.496 e. The van der Waals surface area contributed by atoms with Crippen LogP contribution in [-0.2, 0) is 0 Å². The van der Waals surface area contributed by atoms with Crippen molar-refractivity contribution in [2.45, 2.75) is 52.5 Å². The highest BCUT2D eigenvalue weighted by molar-refractivity contribution is 7.80. The molecule has 5 heteroatoms. The fourth-order valence-electron chi connectivity index (χ4n) is 3.33. The molecule has 1 amide bonds. The summed E-state index contributed by atoms with van der Waals surface area (Å²) in [6.45, 7) is 6.93. The third kappa shape index (κ3) is 4.94. The van der Waals surface area contributed by atoms with Gasteiger partial charge < -0.3 is 10.1 Å². The molecule has 24 heavy (non-hydrogen) atoms. The zero-order chi connectivity index (χ0) is 17.7. The number of para-hydroxylation sites is 1. The van der Waals surface area contributed by atoms with Crippen LogP contribution >= 0.6 is 12.2 Å². The molecule has 0 atom stereocenters. The minimum absolute atomic E-state index is 0.242. The Balaban J connectivity index is 1.85. The molecule has 132 valence electrons. The summed E-state index contributed by atoms with van der Waals surface area (Å²) < 4.78 is 5.22. The Morgan fingerprint density at radius 3 is 2.38 bits per heavy atom. The SMILES string of the molecule is COc1ccccc1C(=O)NC(=S)NC1CCC(C(C)(C)C)CC1. The van der Waals surface area contributed by atoms with Crippen molar-refractivity contribution >= 4 is 23.2 Å². The highest BCUT2D eigenvalue weighted by atomic mass is 32.1. The Hall–Kier alpha value is -1.62. The topological polar surface area (TPSA) is 50.4 Å². The third-order valence-electron chi connectivity index (χ3n) is 4.87. The van der Waals surface area contributed by atoms with Crippen LogP contribution in [0.1, 0.15) is 56.8 Å². The van der Waals surface area contributed by atoms with Crippen LogP contribution in [0.5, 0.6) is 5.75 Å². The van der Waals surface area contributed by atoms with E-state index in [9.17, 15) is 4.79 Å². The molecule has 1 saturated carbocycles. The van der Waals surface area contributed by atoms with Gasteiger partial charge in [0.2, 0.25) is 0 Å². The quantitative estimate of drug-likeness (QED) is 0.813. The van der Waals surface area contributed by atoms with E-state index in [4.69, 9.17) is 17.0 Å². The van der Waals surface area contributed by atoms with E-state index >= 15 is 0 Å². The van der Waals surface area contributed by atoms with Gasteiger partial charge in [-0.3, -0.25) is 10.1 Å². The lowest BCUT2D eigenvalue weighted by molar-refractivity contribution is 0.0973. The van der Waals surface area contributed by atoms with Crippen LogP contribution in [0.25, 0.3) is 0 Å². The molecule has 0 spiro atoms. The Labute approximate surface area is 150 Å². The van der Waals surface area contributed by atoms with E-state index in [1.165, 1.54) is 12.8 Å². The maximum absolute atomic E-state index is 12.3. The van der Waals surface area contributed by atoms with Gasteiger partial charge in [-0.25, -0.2) is 0 Å². The van der Waals surface area contributed by atoms with E-state index in [-0.39, 0.29) is 5.91 Å². The monoisotopic (exact) mass is 348 g/mol. The van der Waals surface area contributed by atoms with Crippen molar-refractivity contribution in [1.82, 2.24) is 10.6 Å². The summed E-state index contributed by atoms with van der Waals surface area (Å²) >= 11 is 5.31. The lowest BCUT2D eigenvalue weighted by atomic mass is 9.71. The summed E-state index contributed by atoms with van der Waals surface area (Å²) in [6.07, 6.45) is 4.58. The Morgan fingerprint density at radius 1 is 1.17 bits per heavy atom. The lowest BCUT2D eigenvalue weighted by Gasteiger charge is -2.37. The van der Waals surface area contributed by atoms with Crippen molar-refractivity contribution in [1.29, 1.82) is 0 Å². The van der Waals surface area contributed by atoms with Crippen molar-refractivity contribution in [3.63, 3.8) is 0 Å². The second-order valence-corrected chi connectivity index (χ2v) is 7.95.